The second-order valence-corrected chi connectivity index (χ2v) is 6.33. The molecule has 3 nitrogen and oxygen atoms in total. The van der Waals surface area contributed by atoms with E-state index >= 15 is 0 Å². The molecule has 0 bridgehead atoms. The van der Waals surface area contributed by atoms with E-state index in [4.69, 9.17) is 5.73 Å². The maximum atomic E-state index is 5.82. The monoisotopic (exact) mass is 253 g/mol. The molecule has 0 radical (unpaired) electrons. The average Bonchev–Trinajstić information content (AvgIpc) is 2.76. The van der Waals surface area contributed by atoms with Crippen LogP contribution in [0.2, 0.25) is 0 Å². The lowest BCUT2D eigenvalue weighted by atomic mass is 9.83. The Bertz CT molecular complexity index is 353. The third-order valence-electron chi connectivity index (χ3n) is 3.61. The van der Waals surface area contributed by atoms with Gasteiger partial charge in [0.15, 0.2) is 0 Å². The van der Waals surface area contributed by atoms with Gasteiger partial charge in [-0.3, -0.25) is 0 Å². The second-order valence-electron chi connectivity index (χ2n) is 5.44. The molecule has 17 heavy (non-hydrogen) atoms. The summed E-state index contributed by atoms with van der Waals surface area (Å²) in [5.74, 6) is 0. The van der Waals surface area contributed by atoms with Crippen molar-refractivity contribution in [2.24, 2.45) is 5.73 Å². The van der Waals surface area contributed by atoms with Crippen LogP contribution in [0.5, 0.6) is 0 Å². The molecular formula is C13H23N3S. The summed E-state index contributed by atoms with van der Waals surface area (Å²) < 4.78 is 0. The topological polar surface area (TPSA) is 50.9 Å². The normalized spacial score (nSPS) is 21.4. The zero-order valence-corrected chi connectivity index (χ0v) is 11.6. The summed E-state index contributed by atoms with van der Waals surface area (Å²) in [6.07, 6.45) is 6.68. The van der Waals surface area contributed by atoms with E-state index in [0.717, 1.165) is 17.2 Å². The number of nitrogens with one attached hydrogen (secondary N) is 1. The standard InChI is InChI=1S/C13H23N3S/c1-10(14)12-16-11(9-17-12)8-15-13(2)6-4-3-5-7-13/h9-10,15H,3-8,14H2,1-2H3. The van der Waals surface area contributed by atoms with E-state index in [1.54, 1.807) is 11.3 Å². The number of nitrogens with two attached hydrogens (primary N) is 1. The Balaban J connectivity index is 1.88. The van der Waals surface area contributed by atoms with Gasteiger partial charge >= 0.3 is 0 Å². The molecule has 0 spiro atoms. The fourth-order valence-corrected chi connectivity index (χ4v) is 3.20. The molecule has 96 valence electrons. The number of thiazole rings is 1. The van der Waals surface area contributed by atoms with Crippen LogP contribution in [0.4, 0.5) is 0 Å². The molecular weight excluding hydrogens is 230 g/mol. The Hall–Kier alpha value is -0.450. The zero-order valence-electron chi connectivity index (χ0n) is 10.8. The van der Waals surface area contributed by atoms with Gasteiger partial charge in [0.2, 0.25) is 0 Å². The highest BCUT2D eigenvalue weighted by atomic mass is 32.1. The molecule has 1 unspecified atom stereocenters. The molecule has 1 atom stereocenters. The summed E-state index contributed by atoms with van der Waals surface area (Å²) >= 11 is 1.67. The predicted octanol–water partition coefficient (Wildman–Crippen LogP) is 2.98. The molecule has 1 aliphatic carbocycles. The predicted molar refractivity (Wildman–Crippen MR) is 73.0 cm³/mol. The Morgan fingerprint density at radius 1 is 1.47 bits per heavy atom. The van der Waals surface area contributed by atoms with Crippen molar-refractivity contribution in [3.8, 4) is 0 Å². The first-order valence-corrected chi connectivity index (χ1v) is 7.42. The first-order valence-electron chi connectivity index (χ1n) is 6.54. The Kier molecular flexibility index (Phi) is 4.17. The number of hydrogen-bond acceptors (Lipinski definition) is 4. The van der Waals surface area contributed by atoms with Crippen molar-refractivity contribution in [2.75, 3.05) is 0 Å². The molecule has 1 fully saturated rings. The third kappa shape index (κ3) is 3.50. The smallest absolute Gasteiger partial charge is 0.109 e. The van der Waals surface area contributed by atoms with Crippen LogP contribution in [0.25, 0.3) is 0 Å². The van der Waals surface area contributed by atoms with Crippen molar-refractivity contribution in [3.05, 3.63) is 16.1 Å². The molecule has 1 aromatic heterocycles. The third-order valence-corrected chi connectivity index (χ3v) is 4.71. The van der Waals surface area contributed by atoms with Crippen LogP contribution in [-0.4, -0.2) is 10.5 Å². The summed E-state index contributed by atoms with van der Waals surface area (Å²) in [7, 11) is 0. The minimum absolute atomic E-state index is 0.0546. The van der Waals surface area contributed by atoms with Crippen LogP contribution >= 0.6 is 11.3 Å². The number of hydrogen-bond donors (Lipinski definition) is 2. The number of nitrogens with zero attached hydrogens (tertiary/aromatic N) is 1. The maximum absolute atomic E-state index is 5.82. The van der Waals surface area contributed by atoms with Gasteiger partial charge in [-0.15, -0.1) is 11.3 Å². The molecule has 1 aromatic rings. The summed E-state index contributed by atoms with van der Waals surface area (Å²) in [4.78, 5) is 4.56. The van der Waals surface area contributed by atoms with E-state index in [2.05, 4.69) is 22.6 Å². The van der Waals surface area contributed by atoms with E-state index in [-0.39, 0.29) is 6.04 Å². The largest absolute Gasteiger partial charge is 0.322 e. The lowest BCUT2D eigenvalue weighted by Crippen LogP contribution is -2.43. The van der Waals surface area contributed by atoms with Gasteiger partial charge in [0.25, 0.3) is 0 Å². The van der Waals surface area contributed by atoms with E-state index < -0.39 is 0 Å². The molecule has 2 rings (SSSR count). The van der Waals surface area contributed by atoms with Crippen molar-refractivity contribution in [1.29, 1.82) is 0 Å². The van der Waals surface area contributed by atoms with Crippen molar-refractivity contribution >= 4 is 11.3 Å². The van der Waals surface area contributed by atoms with Crippen LogP contribution in [0.1, 0.15) is 62.7 Å². The van der Waals surface area contributed by atoms with Crippen LogP contribution in [0.3, 0.4) is 0 Å². The number of rotatable bonds is 4. The van der Waals surface area contributed by atoms with Gasteiger partial charge in [-0.1, -0.05) is 19.3 Å². The van der Waals surface area contributed by atoms with Gasteiger partial charge in [-0.05, 0) is 26.7 Å². The lowest BCUT2D eigenvalue weighted by Gasteiger charge is -2.34. The molecule has 1 saturated carbocycles. The van der Waals surface area contributed by atoms with Gasteiger partial charge < -0.3 is 11.1 Å². The molecule has 0 saturated heterocycles. The minimum Gasteiger partial charge on any atom is -0.322 e. The Morgan fingerprint density at radius 3 is 2.76 bits per heavy atom. The van der Waals surface area contributed by atoms with Gasteiger partial charge in [-0.2, -0.15) is 0 Å². The summed E-state index contributed by atoms with van der Waals surface area (Å²) in [5.41, 5.74) is 7.27. The highest BCUT2D eigenvalue weighted by Crippen LogP contribution is 2.28. The first kappa shape index (κ1) is 13.0. The first-order chi connectivity index (χ1) is 8.09. The summed E-state index contributed by atoms with van der Waals surface area (Å²) in [6.45, 7) is 5.20. The molecule has 0 aliphatic heterocycles. The SMILES string of the molecule is CC(N)c1nc(CNC2(C)CCCCC2)cs1. The average molecular weight is 253 g/mol. The van der Waals surface area contributed by atoms with Gasteiger partial charge in [0.05, 0.1) is 11.7 Å². The molecule has 3 N–H and O–H groups in total. The highest BCUT2D eigenvalue weighted by molar-refractivity contribution is 7.09. The molecule has 1 aliphatic rings. The van der Waals surface area contributed by atoms with Crippen molar-refractivity contribution < 1.29 is 0 Å². The fourth-order valence-electron chi connectivity index (χ4n) is 2.43. The molecule has 1 heterocycles. The van der Waals surface area contributed by atoms with Crippen LogP contribution in [0, 0.1) is 0 Å². The van der Waals surface area contributed by atoms with Crippen LogP contribution in [-0.2, 0) is 6.54 Å². The van der Waals surface area contributed by atoms with Crippen LogP contribution in [0.15, 0.2) is 5.38 Å². The zero-order chi connectivity index (χ0) is 12.3. The maximum Gasteiger partial charge on any atom is 0.109 e. The van der Waals surface area contributed by atoms with E-state index in [9.17, 15) is 0 Å². The van der Waals surface area contributed by atoms with Gasteiger partial charge in [0.1, 0.15) is 5.01 Å². The molecule has 0 aromatic carbocycles. The van der Waals surface area contributed by atoms with E-state index in [0.29, 0.717) is 5.54 Å². The Labute approximate surface area is 108 Å². The van der Waals surface area contributed by atoms with E-state index in [1.807, 2.05) is 6.92 Å². The molecule has 4 heteroatoms. The minimum atomic E-state index is 0.0546. The quantitative estimate of drug-likeness (QED) is 0.867. The lowest BCUT2D eigenvalue weighted by molar-refractivity contribution is 0.251. The van der Waals surface area contributed by atoms with Gasteiger partial charge in [0, 0.05) is 17.5 Å². The highest BCUT2D eigenvalue weighted by Gasteiger charge is 2.25. The van der Waals surface area contributed by atoms with Crippen molar-refractivity contribution in [2.45, 2.75) is 64.1 Å². The molecule has 0 amide bonds. The van der Waals surface area contributed by atoms with E-state index in [1.165, 1.54) is 32.1 Å². The second kappa shape index (κ2) is 5.46. The van der Waals surface area contributed by atoms with Crippen LogP contribution < -0.4 is 11.1 Å². The Morgan fingerprint density at radius 2 is 2.18 bits per heavy atom. The number of aromatic nitrogens is 1. The van der Waals surface area contributed by atoms with Crippen molar-refractivity contribution in [3.63, 3.8) is 0 Å². The summed E-state index contributed by atoms with van der Waals surface area (Å²) in [6, 6.07) is 0.0546. The fraction of sp³-hybridized carbons (Fsp3) is 0.769. The van der Waals surface area contributed by atoms with Crippen molar-refractivity contribution in [1.82, 2.24) is 10.3 Å². The summed E-state index contributed by atoms with van der Waals surface area (Å²) in [5, 5.41) is 6.83. The van der Waals surface area contributed by atoms with Gasteiger partial charge in [-0.25, -0.2) is 4.98 Å².